The van der Waals surface area contributed by atoms with Crippen LogP contribution < -0.4 is 5.73 Å². The Balaban J connectivity index is 2.25. The van der Waals surface area contributed by atoms with Crippen molar-refractivity contribution in [3.63, 3.8) is 0 Å². The van der Waals surface area contributed by atoms with E-state index in [9.17, 15) is 0 Å². The van der Waals surface area contributed by atoms with Gasteiger partial charge in [-0.15, -0.1) is 0 Å². The highest BCUT2D eigenvalue weighted by atomic mass is 15.2. The predicted molar refractivity (Wildman–Crippen MR) is 34.3 cm³/mol. The van der Waals surface area contributed by atoms with Gasteiger partial charge in [0.1, 0.15) is 0 Å². The van der Waals surface area contributed by atoms with E-state index in [4.69, 9.17) is 5.73 Å². The lowest BCUT2D eigenvalue weighted by Gasteiger charge is -2.35. The molecular formula is C6H12N2. The maximum Gasteiger partial charge on any atom is 0.0233 e. The molecule has 0 atom stereocenters. The third kappa shape index (κ3) is 0.842. The molecule has 0 spiro atoms. The molecule has 2 nitrogen and oxygen atoms in total. The first-order chi connectivity index (χ1) is 3.70. The van der Waals surface area contributed by atoms with E-state index < -0.39 is 0 Å². The number of nitrogens with two attached hydrogens (primary N) is 1. The van der Waals surface area contributed by atoms with Crippen LogP contribution in [0.15, 0.2) is 12.3 Å². The predicted octanol–water partition coefficient (Wildman–Crippen LogP) is 0.0204. The second-order valence-corrected chi connectivity index (χ2v) is 2.49. The van der Waals surface area contributed by atoms with Gasteiger partial charge in [-0.25, -0.2) is 0 Å². The Labute approximate surface area is 50.0 Å². The fourth-order valence-corrected chi connectivity index (χ4v) is 0.933. The van der Waals surface area contributed by atoms with E-state index in [-0.39, 0.29) is 0 Å². The lowest BCUT2D eigenvalue weighted by Crippen LogP contribution is -2.45. The molecule has 1 heterocycles. The van der Waals surface area contributed by atoms with E-state index in [0.29, 0.717) is 5.92 Å². The normalized spacial score (nSPS) is 22.6. The largest absolute Gasteiger partial charge is 0.402 e. The van der Waals surface area contributed by atoms with Gasteiger partial charge in [0.25, 0.3) is 0 Å². The average Bonchev–Trinajstić information content (AvgIpc) is 1.57. The summed E-state index contributed by atoms with van der Waals surface area (Å²) in [4.78, 5) is 2.22. The van der Waals surface area contributed by atoms with Gasteiger partial charge in [-0.3, -0.25) is 0 Å². The molecule has 0 saturated carbocycles. The van der Waals surface area contributed by atoms with Gasteiger partial charge in [0.2, 0.25) is 0 Å². The van der Waals surface area contributed by atoms with Crippen molar-refractivity contribution in [3.05, 3.63) is 12.3 Å². The molecule has 46 valence electrons. The topological polar surface area (TPSA) is 29.3 Å². The highest BCUT2D eigenvalue weighted by molar-refractivity contribution is 5.01. The molecule has 1 aliphatic heterocycles. The highest BCUT2D eigenvalue weighted by Gasteiger charge is 2.23. The van der Waals surface area contributed by atoms with Gasteiger partial charge >= 0.3 is 0 Å². The number of rotatable bonds is 1. The Kier molecular flexibility index (Phi) is 1.26. The smallest absolute Gasteiger partial charge is 0.0233 e. The SMILES string of the molecule is C=C(N)C1CN(C)C1. The zero-order valence-electron chi connectivity index (χ0n) is 5.22. The molecule has 0 radical (unpaired) electrons. The molecule has 1 fully saturated rings. The summed E-state index contributed by atoms with van der Waals surface area (Å²) in [6, 6.07) is 0. The molecule has 1 aliphatic rings. The Morgan fingerprint density at radius 2 is 2.25 bits per heavy atom. The average molecular weight is 112 g/mol. The van der Waals surface area contributed by atoms with Crippen LogP contribution in [0.2, 0.25) is 0 Å². The molecule has 1 saturated heterocycles. The first-order valence-corrected chi connectivity index (χ1v) is 2.83. The van der Waals surface area contributed by atoms with Crippen LogP contribution in [0.5, 0.6) is 0 Å². The summed E-state index contributed by atoms with van der Waals surface area (Å²) in [5.74, 6) is 0.569. The van der Waals surface area contributed by atoms with Crippen molar-refractivity contribution < 1.29 is 0 Å². The van der Waals surface area contributed by atoms with Crippen molar-refractivity contribution in [1.29, 1.82) is 0 Å². The van der Waals surface area contributed by atoms with Crippen molar-refractivity contribution in [2.75, 3.05) is 20.1 Å². The maximum atomic E-state index is 5.44. The monoisotopic (exact) mass is 112 g/mol. The van der Waals surface area contributed by atoms with E-state index in [0.717, 1.165) is 18.8 Å². The van der Waals surface area contributed by atoms with Crippen LogP contribution in [0.25, 0.3) is 0 Å². The number of likely N-dealkylation sites (tertiary alicyclic amines) is 1. The molecule has 0 amide bonds. The molecule has 0 aliphatic carbocycles. The quantitative estimate of drug-likeness (QED) is 0.518. The molecule has 0 aromatic carbocycles. The lowest BCUT2D eigenvalue weighted by atomic mass is 9.99. The summed E-state index contributed by atoms with van der Waals surface area (Å²) in [6.45, 7) is 5.85. The van der Waals surface area contributed by atoms with Gasteiger partial charge < -0.3 is 10.6 Å². The van der Waals surface area contributed by atoms with Crippen molar-refractivity contribution >= 4 is 0 Å². The zero-order chi connectivity index (χ0) is 6.15. The molecule has 0 bridgehead atoms. The van der Waals surface area contributed by atoms with Gasteiger partial charge in [-0.1, -0.05) is 6.58 Å². The van der Waals surface area contributed by atoms with Gasteiger partial charge in [-0.2, -0.15) is 0 Å². The summed E-state index contributed by atoms with van der Waals surface area (Å²) in [7, 11) is 2.08. The Bertz CT molecular complexity index is 103. The van der Waals surface area contributed by atoms with Crippen molar-refractivity contribution in [2.24, 2.45) is 11.7 Å². The molecular weight excluding hydrogens is 100 g/mol. The van der Waals surface area contributed by atoms with E-state index in [1.165, 1.54) is 0 Å². The Morgan fingerprint density at radius 1 is 1.75 bits per heavy atom. The summed E-state index contributed by atoms with van der Waals surface area (Å²) < 4.78 is 0. The minimum Gasteiger partial charge on any atom is -0.402 e. The van der Waals surface area contributed by atoms with Gasteiger partial charge in [0.15, 0.2) is 0 Å². The highest BCUT2D eigenvalue weighted by Crippen LogP contribution is 2.15. The summed E-state index contributed by atoms with van der Waals surface area (Å²) in [5, 5.41) is 0. The first kappa shape index (κ1) is 5.63. The fourth-order valence-electron chi connectivity index (χ4n) is 0.933. The first-order valence-electron chi connectivity index (χ1n) is 2.83. The van der Waals surface area contributed by atoms with Crippen LogP contribution in [-0.4, -0.2) is 25.0 Å². The third-order valence-corrected chi connectivity index (χ3v) is 1.59. The molecule has 1 rings (SSSR count). The van der Waals surface area contributed by atoms with E-state index in [2.05, 4.69) is 18.5 Å². The standard InChI is InChI=1S/C6H12N2/c1-5(7)6-3-8(2)4-6/h6H,1,3-4,7H2,2H3. The minimum atomic E-state index is 0.569. The summed E-state index contributed by atoms with van der Waals surface area (Å²) >= 11 is 0. The second-order valence-electron chi connectivity index (χ2n) is 2.49. The molecule has 8 heavy (non-hydrogen) atoms. The minimum absolute atomic E-state index is 0.569. The van der Waals surface area contributed by atoms with Crippen LogP contribution in [0.4, 0.5) is 0 Å². The molecule has 0 aromatic rings. The van der Waals surface area contributed by atoms with Crippen molar-refractivity contribution in [1.82, 2.24) is 4.90 Å². The summed E-state index contributed by atoms with van der Waals surface area (Å²) in [5.41, 5.74) is 6.28. The van der Waals surface area contributed by atoms with Gasteiger partial charge in [-0.05, 0) is 7.05 Å². The van der Waals surface area contributed by atoms with E-state index in [1.54, 1.807) is 0 Å². The van der Waals surface area contributed by atoms with Crippen LogP contribution in [0, 0.1) is 5.92 Å². The van der Waals surface area contributed by atoms with Crippen LogP contribution >= 0.6 is 0 Å². The zero-order valence-corrected chi connectivity index (χ0v) is 5.22. The number of nitrogens with zero attached hydrogens (tertiary/aromatic N) is 1. The van der Waals surface area contributed by atoms with Crippen molar-refractivity contribution in [2.45, 2.75) is 0 Å². The molecule has 2 N–H and O–H groups in total. The number of hydrogen-bond donors (Lipinski definition) is 1. The second kappa shape index (κ2) is 1.78. The van der Waals surface area contributed by atoms with Crippen LogP contribution in [0.1, 0.15) is 0 Å². The lowest BCUT2D eigenvalue weighted by molar-refractivity contribution is 0.160. The van der Waals surface area contributed by atoms with E-state index in [1.807, 2.05) is 0 Å². The van der Waals surface area contributed by atoms with E-state index >= 15 is 0 Å². The van der Waals surface area contributed by atoms with Crippen molar-refractivity contribution in [3.8, 4) is 0 Å². The number of hydrogen-bond acceptors (Lipinski definition) is 2. The van der Waals surface area contributed by atoms with Crippen LogP contribution in [0.3, 0.4) is 0 Å². The fraction of sp³-hybridized carbons (Fsp3) is 0.667. The third-order valence-electron chi connectivity index (χ3n) is 1.59. The molecule has 0 aromatic heterocycles. The Hall–Kier alpha value is -0.500. The maximum absolute atomic E-state index is 5.44. The van der Waals surface area contributed by atoms with Crippen LogP contribution in [-0.2, 0) is 0 Å². The molecule has 0 unspecified atom stereocenters. The molecule has 2 heteroatoms. The van der Waals surface area contributed by atoms with Gasteiger partial charge in [0.05, 0.1) is 0 Å². The van der Waals surface area contributed by atoms with Gasteiger partial charge in [0, 0.05) is 24.7 Å². The summed E-state index contributed by atoms with van der Waals surface area (Å²) in [6.07, 6.45) is 0. The Morgan fingerprint density at radius 3 is 2.38 bits per heavy atom.